The number of nitrogens with one attached hydrogen (secondary N) is 1. The SMILES string of the molecule is Cc1cc(C(=O)NC2CCC(CCN3CCC(c4cccc5c4CCO5)CC3)CC2)on1. The third-order valence-electron chi connectivity index (χ3n) is 7.69. The van der Waals surface area contributed by atoms with Gasteiger partial charge in [-0.2, -0.15) is 0 Å². The average molecular weight is 438 g/mol. The Morgan fingerprint density at radius 1 is 1.16 bits per heavy atom. The first kappa shape index (κ1) is 21.5. The summed E-state index contributed by atoms with van der Waals surface area (Å²) in [4.78, 5) is 14.9. The quantitative estimate of drug-likeness (QED) is 0.722. The molecular weight excluding hydrogens is 402 g/mol. The average Bonchev–Trinajstić information content (AvgIpc) is 3.48. The van der Waals surface area contributed by atoms with E-state index in [1.165, 1.54) is 57.3 Å². The van der Waals surface area contributed by atoms with Crippen LogP contribution >= 0.6 is 0 Å². The van der Waals surface area contributed by atoms with E-state index in [0.717, 1.165) is 43.2 Å². The number of nitrogens with zero attached hydrogens (tertiary/aromatic N) is 2. The number of carbonyl (C=O) groups is 1. The maximum Gasteiger partial charge on any atom is 0.290 e. The maximum atomic E-state index is 12.3. The van der Waals surface area contributed by atoms with Gasteiger partial charge in [0.05, 0.1) is 12.3 Å². The van der Waals surface area contributed by atoms with Crippen molar-refractivity contribution in [1.82, 2.24) is 15.4 Å². The highest BCUT2D eigenvalue weighted by Crippen LogP contribution is 2.37. The van der Waals surface area contributed by atoms with Gasteiger partial charge in [0.1, 0.15) is 5.75 Å². The maximum absolute atomic E-state index is 12.3. The second kappa shape index (κ2) is 9.65. The zero-order valence-corrected chi connectivity index (χ0v) is 19.1. The standard InChI is InChI=1S/C26H35N3O3/c1-18-17-25(32-28-18)26(30)27-21-7-5-19(6-8-21)9-13-29-14-10-20(11-15-29)22-3-2-4-24-23(22)12-16-31-24/h2-4,17,19-21H,5-16H2,1H3,(H,27,30). The second-order valence-corrected chi connectivity index (χ2v) is 9.85. The highest BCUT2D eigenvalue weighted by atomic mass is 16.5. The fourth-order valence-electron chi connectivity index (χ4n) is 5.79. The molecular formula is C26H35N3O3. The molecule has 3 heterocycles. The number of ether oxygens (including phenoxy) is 1. The van der Waals surface area contributed by atoms with E-state index in [0.29, 0.717) is 11.7 Å². The van der Waals surface area contributed by atoms with E-state index in [-0.39, 0.29) is 11.9 Å². The van der Waals surface area contributed by atoms with Crippen molar-refractivity contribution >= 4 is 5.91 Å². The van der Waals surface area contributed by atoms with Crippen LogP contribution in [0.5, 0.6) is 5.75 Å². The Bertz CT molecular complexity index is 924. The van der Waals surface area contributed by atoms with Gasteiger partial charge in [-0.05, 0) is 95.0 Å². The predicted molar refractivity (Wildman–Crippen MR) is 123 cm³/mol. The molecule has 0 radical (unpaired) electrons. The van der Waals surface area contributed by atoms with Crippen LogP contribution in [0.2, 0.25) is 0 Å². The second-order valence-electron chi connectivity index (χ2n) is 9.85. The number of aryl methyl sites for hydroxylation is 1. The van der Waals surface area contributed by atoms with Gasteiger partial charge in [-0.25, -0.2) is 0 Å². The van der Waals surface area contributed by atoms with Crippen molar-refractivity contribution < 1.29 is 14.1 Å². The molecule has 1 aromatic carbocycles. The molecule has 2 fully saturated rings. The summed E-state index contributed by atoms with van der Waals surface area (Å²) in [6, 6.07) is 8.57. The molecule has 3 aliphatic rings. The smallest absolute Gasteiger partial charge is 0.290 e. The van der Waals surface area contributed by atoms with Crippen LogP contribution in [0.1, 0.15) is 78.2 Å². The summed E-state index contributed by atoms with van der Waals surface area (Å²) in [6.45, 7) is 6.30. The van der Waals surface area contributed by atoms with E-state index < -0.39 is 0 Å². The molecule has 2 aromatic rings. The van der Waals surface area contributed by atoms with Gasteiger partial charge in [0.15, 0.2) is 0 Å². The number of aromatic nitrogens is 1. The van der Waals surface area contributed by atoms with Crippen LogP contribution in [0, 0.1) is 12.8 Å². The minimum atomic E-state index is -0.132. The van der Waals surface area contributed by atoms with Crippen molar-refractivity contribution in [1.29, 1.82) is 0 Å². The minimum absolute atomic E-state index is 0.132. The number of likely N-dealkylation sites (tertiary alicyclic amines) is 1. The zero-order valence-electron chi connectivity index (χ0n) is 19.1. The van der Waals surface area contributed by atoms with E-state index in [4.69, 9.17) is 9.26 Å². The lowest BCUT2D eigenvalue weighted by Crippen LogP contribution is -2.38. The molecule has 0 atom stereocenters. The number of rotatable bonds is 6. The summed E-state index contributed by atoms with van der Waals surface area (Å²) < 4.78 is 10.8. The van der Waals surface area contributed by atoms with Gasteiger partial charge in [0.2, 0.25) is 5.76 Å². The van der Waals surface area contributed by atoms with Crippen molar-refractivity contribution in [2.45, 2.75) is 70.3 Å². The van der Waals surface area contributed by atoms with Crippen molar-refractivity contribution in [3.63, 3.8) is 0 Å². The van der Waals surface area contributed by atoms with Gasteiger partial charge < -0.3 is 19.5 Å². The molecule has 2 aliphatic heterocycles. The van der Waals surface area contributed by atoms with Gasteiger partial charge in [-0.15, -0.1) is 0 Å². The van der Waals surface area contributed by atoms with E-state index in [2.05, 4.69) is 33.6 Å². The van der Waals surface area contributed by atoms with Crippen LogP contribution in [-0.4, -0.2) is 48.2 Å². The van der Waals surface area contributed by atoms with E-state index in [1.54, 1.807) is 11.6 Å². The summed E-state index contributed by atoms with van der Waals surface area (Å²) in [7, 11) is 0. The molecule has 1 saturated carbocycles. The Labute approximate surface area is 190 Å². The van der Waals surface area contributed by atoms with Crippen LogP contribution in [0.4, 0.5) is 0 Å². The summed E-state index contributed by atoms with van der Waals surface area (Å²) in [5.74, 6) is 2.78. The predicted octanol–water partition coefficient (Wildman–Crippen LogP) is 4.48. The Morgan fingerprint density at radius 2 is 1.97 bits per heavy atom. The van der Waals surface area contributed by atoms with Gasteiger partial charge >= 0.3 is 0 Å². The molecule has 172 valence electrons. The molecule has 0 spiro atoms. The van der Waals surface area contributed by atoms with Crippen molar-refractivity contribution in [3.8, 4) is 5.75 Å². The number of hydrogen-bond donors (Lipinski definition) is 1. The largest absolute Gasteiger partial charge is 0.493 e. The summed E-state index contributed by atoms with van der Waals surface area (Å²) in [6.07, 6.45) is 9.40. The first-order chi connectivity index (χ1) is 15.7. The molecule has 6 heteroatoms. The van der Waals surface area contributed by atoms with Gasteiger partial charge in [-0.1, -0.05) is 17.3 Å². The van der Waals surface area contributed by atoms with E-state index in [9.17, 15) is 4.79 Å². The van der Waals surface area contributed by atoms with Crippen molar-refractivity contribution in [2.24, 2.45) is 5.92 Å². The Balaban J connectivity index is 1.02. The zero-order chi connectivity index (χ0) is 21.9. The number of amides is 1. The molecule has 32 heavy (non-hydrogen) atoms. The molecule has 1 aliphatic carbocycles. The van der Waals surface area contributed by atoms with Crippen LogP contribution in [0.25, 0.3) is 0 Å². The van der Waals surface area contributed by atoms with Crippen molar-refractivity contribution in [3.05, 3.63) is 46.8 Å². The Kier molecular flexibility index (Phi) is 6.49. The number of piperidine rings is 1. The van der Waals surface area contributed by atoms with E-state index in [1.807, 2.05) is 6.92 Å². The minimum Gasteiger partial charge on any atom is -0.493 e. The van der Waals surface area contributed by atoms with Crippen LogP contribution < -0.4 is 10.1 Å². The summed E-state index contributed by atoms with van der Waals surface area (Å²) >= 11 is 0. The van der Waals surface area contributed by atoms with Crippen LogP contribution in [0.15, 0.2) is 28.8 Å². The fraction of sp³-hybridized carbons (Fsp3) is 0.615. The first-order valence-corrected chi connectivity index (χ1v) is 12.4. The topological polar surface area (TPSA) is 67.6 Å². The molecule has 1 aromatic heterocycles. The molecule has 6 nitrogen and oxygen atoms in total. The normalized spacial score (nSPS) is 24.2. The van der Waals surface area contributed by atoms with Crippen LogP contribution in [-0.2, 0) is 6.42 Å². The Morgan fingerprint density at radius 3 is 2.72 bits per heavy atom. The number of benzene rings is 1. The first-order valence-electron chi connectivity index (χ1n) is 12.4. The molecule has 0 bridgehead atoms. The van der Waals surface area contributed by atoms with Crippen molar-refractivity contribution in [2.75, 3.05) is 26.2 Å². The lowest BCUT2D eigenvalue weighted by atomic mass is 9.83. The molecule has 5 rings (SSSR count). The number of hydrogen-bond acceptors (Lipinski definition) is 5. The molecule has 1 saturated heterocycles. The lowest BCUT2D eigenvalue weighted by Gasteiger charge is -2.35. The third-order valence-corrected chi connectivity index (χ3v) is 7.69. The number of carbonyl (C=O) groups excluding carboxylic acids is 1. The van der Waals surface area contributed by atoms with Gasteiger partial charge in [0.25, 0.3) is 5.91 Å². The monoisotopic (exact) mass is 437 g/mol. The fourth-order valence-corrected chi connectivity index (χ4v) is 5.79. The third kappa shape index (κ3) is 4.85. The van der Waals surface area contributed by atoms with Gasteiger partial charge in [0, 0.05) is 24.1 Å². The highest BCUT2D eigenvalue weighted by molar-refractivity contribution is 5.91. The van der Waals surface area contributed by atoms with Crippen LogP contribution in [0.3, 0.4) is 0 Å². The highest BCUT2D eigenvalue weighted by Gasteiger charge is 2.27. The lowest BCUT2D eigenvalue weighted by molar-refractivity contribution is 0.0882. The summed E-state index contributed by atoms with van der Waals surface area (Å²) in [5.41, 5.74) is 3.75. The molecule has 1 amide bonds. The molecule has 0 unspecified atom stereocenters. The van der Waals surface area contributed by atoms with E-state index >= 15 is 0 Å². The van der Waals surface area contributed by atoms with Gasteiger partial charge in [-0.3, -0.25) is 4.79 Å². The molecule has 1 N–H and O–H groups in total. The summed E-state index contributed by atoms with van der Waals surface area (Å²) in [5, 5.41) is 6.92. The Hall–Kier alpha value is -2.34. The number of fused-ring (bicyclic) bond motifs is 1.